The van der Waals surface area contributed by atoms with Gasteiger partial charge in [-0.15, -0.1) is 0 Å². The smallest absolute Gasteiger partial charge is 0.161 e. The number of hydrogen-bond donors (Lipinski definition) is 0. The number of benzene rings is 12. The molecular formula is C140H208O5. The summed E-state index contributed by atoms with van der Waals surface area (Å²) in [5.41, 5.74) is 27.7. The molecular weight excluding hydrogens is 1760 g/mol. The van der Waals surface area contributed by atoms with E-state index in [1.807, 2.05) is 54.6 Å². The minimum Gasteiger partial charge on any atom is -0.494 e. The summed E-state index contributed by atoms with van der Waals surface area (Å²) in [6.07, 6.45) is 46.8. The molecule has 0 aliphatic carbocycles. The second-order valence-corrected chi connectivity index (χ2v) is 37.7. The van der Waals surface area contributed by atoms with Crippen molar-refractivity contribution in [3.05, 3.63) is 397 Å². The molecule has 12 aromatic carbocycles. The minimum absolute atomic E-state index is 0.743. The molecule has 12 aromatic rings. The molecule has 0 amide bonds. The van der Waals surface area contributed by atoms with Gasteiger partial charge in [0.05, 0.1) is 33.0 Å². The van der Waals surface area contributed by atoms with Crippen molar-refractivity contribution in [2.24, 2.45) is 0 Å². The zero-order chi connectivity index (χ0) is 106. The van der Waals surface area contributed by atoms with Gasteiger partial charge in [-0.3, -0.25) is 0 Å². The van der Waals surface area contributed by atoms with Gasteiger partial charge in [-0.1, -0.05) is 479 Å². The van der Waals surface area contributed by atoms with Crippen LogP contribution >= 0.6 is 0 Å². The van der Waals surface area contributed by atoms with Crippen molar-refractivity contribution in [1.29, 1.82) is 0 Å². The molecule has 798 valence electrons. The van der Waals surface area contributed by atoms with Gasteiger partial charge in [0.2, 0.25) is 0 Å². The summed E-state index contributed by atoms with van der Waals surface area (Å²) in [6, 6.07) is 104. The van der Waals surface area contributed by atoms with Gasteiger partial charge in [0.25, 0.3) is 0 Å². The monoisotopic (exact) mass is 1970 g/mol. The molecule has 0 saturated heterocycles. The first-order chi connectivity index (χ1) is 70.9. The number of ether oxygens (including phenoxy) is 5. The number of hydrogen-bond acceptors (Lipinski definition) is 5. The number of rotatable bonds is 49. The molecule has 12 rings (SSSR count). The Hall–Kier alpha value is -10.4. The van der Waals surface area contributed by atoms with Crippen molar-refractivity contribution in [2.75, 3.05) is 33.0 Å². The van der Waals surface area contributed by atoms with Crippen LogP contribution in [0.2, 0.25) is 0 Å². The summed E-state index contributed by atoms with van der Waals surface area (Å²) in [6.45, 7) is 56.5. The first-order valence-electron chi connectivity index (χ1n) is 58.0. The molecule has 0 fully saturated rings. The van der Waals surface area contributed by atoms with E-state index in [0.29, 0.717) is 0 Å². The zero-order valence-corrected chi connectivity index (χ0v) is 96.9. The van der Waals surface area contributed by atoms with Crippen molar-refractivity contribution >= 4 is 0 Å². The predicted molar refractivity (Wildman–Crippen MR) is 644 cm³/mol. The summed E-state index contributed by atoms with van der Waals surface area (Å²) >= 11 is 0. The van der Waals surface area contributed by atoms with Gasteiger partial charge in [0, 0.05) is 0 Å². The minimum atomic E-state index is 0.743. The van der Waals surface area contributed by atoms with Crippen molar-refractivity contribution in [1.82, 2.24) is 0 Å². The molecule has 5 nitrogen and oxygen atoms in total. The maximum Gasteiger partial charge on any atom is 0.161 e. The predicted octanol–water partition coefficient (Wildman–Crippen LogP) is 40.7. The number of para-hydroxylation sites is 2. The Morgan fingerprint density at radius 3 is 0.448 bits per heavy atom. The van der Waals surface area contributed by atoms with E-state index >= 15 is 0 Å². The van der Waals surface area contributed by atoms with Crippen molar-refractivity contribution in [3.63, 3.8) is 0 Å². The lowest BCUT2D eigenvalue weighted by molar-refractivity contribution is 0.268. The fourth-order valence-corrected chi connectivity index (χ4v) is 15.7. The van der Waals surface area contributed by atoms with E-state index in [9.17, 15) is 0 Å². The lowest BCUT2D eigenvalue weighted by Crippen LogP contribution is -2.00. The third-order valence-electron chi connectivity index (χ3n) is 24.1. The van der Waals surface area contributed by atoms with E-state index in [0.717, 1.165) is 152 Å². The maximum atomic E-state index is 5.56. The van der Waals surface area contributed by atoms with Crippen LogP contribution in [0.15, 0.2) is 291 Å². The molecule has 0 bridgehead atoms. The Morgan fingerprint density at radius 1 is 0.124 bits per heavy atom. The summed E-state index contributed by atoms with van der Waals surface area (Å²) in [5, 5.41) is 0. The van der Waals surface area contributed by atoms with Gasteiger partial charge in [-0.25, -0.2) is 0 Å². The van der Waals surface area contributed by atoms with Crippen LogP contribution in [0.1, 0.15) is 400 Å². The highest BCUT2D eigenvalue weighted by Crippen LogP contribution is 2.27. The van der Waals surface area contributed by atoms with Crippen LogP contribution in [0.3, 0.4) is 0 Å². The molecule has 0 aliphatic rings. The lowest BCUT2D eigenvalue weighted by Gasteiger charge is -2.11. The molecule has 0 heterocycles. The van der Waals surface area contributed by atoms with Crippen LogP contribution in [-0.4, -0.2) is 33.0 Å². The fourth-order valence-electron chi connectivity index (χ4n) is 15.7. The molecule has 5 heteroatoms. The SMILES string of the molecule is CCCCc1cccc(CC)c1.CCCCc1cccc(CC)c1.CCCCc1cccc(CCC)c1.CCCCc1cccc(CCC)c1.CCCOc1cccc(CC)c1.CCCOc1cccc(CC)c1.CCCOc1cccc(CCC)c1.CCCOc1ccccc1OCCC.CCCc1cccc(CC)c1.CCCc1cccc(CC)c1.CCCc1cccc(CCC)c1.CCc1cccc(CC)c1. The Kier molecular flexibility index (Phi) is 85.5. The molecule has 0 aliphatic heterocycles. The Labute approximate surface area is 893 Å². The highest BCUT2D eigenvalue weighted by molar-refractivity contribution is 5.40. The van der Waals surface area contributed by atoms with Crippen LogP contribution in [0.4, 0.5) is 0 Å². The molecule has 145 heavy (non-hydrogen) atoms. The van der Waals surface area contributed by atoms with Crippen LogP contribution in [0.25, 0.3) is 0 Å². The lowest BCUT2D eigenvalue weighted by atomic mass is 10.0. The van der Waals surface area contributed by atoms with Gasteiger partial charge in [-0.05, 0) is 334 Å². The Morgan fingerprint density at radius 2 is 0.269 bits per heavy atom. The molecule has 0 N–H and O–H groups in total. The standard InChI is InChI=1S/2C13H20.C12H18O2.C12H18O.3C12H18.2C11H16O.2C11H16.C10H14/c2*1-3-5-8-13-10-6-9-12(11-13)7-4-2;1-3-9-13-11-7-5-6-8-12(11)14-10-4-2;1-3-6-11-7-5-8-12(10-11)13-9-4-2;1-3-6-11-8-5-9-12(10-11)7-4-2;2*1-3-5-7-12-9-6-8-11(4-2)10-12;2*1-3-8-12-11-7-5-6-10(4-2)9-11;2*1-3-6-11-8-5-7-10(4-2)9-11;1-3-9-6-5-7-10(4-2)8-9/h2*6,9-11H,3-5,7-8H2,1-2H3;5-8H,3-4,9-10H2,1-2H3;5,7-8,10H,3-4,6,9H2,1-2H3;5,8-10H,3-4,6-7H2,1-2H3;2*6,8-10H,3-5,7H2,1-2H3;2*5-7,9H,3-4,8H2,1-2H3;2*5,7-9H,3-4,6H2,1-2H3;5-8H,3-4H2,1-2H3. The molecule has 0 unspecified atom stereocenters. The molecule has 0 atom stereocenters. The second kappa shape index (κ2) is 93.4. The van der Waals surface area contributed by atoms with E-state index in [2.05, 4.69) is 403 Å². The van der Waals surface area contributed by atoms with Gasteiger partial charge < -0.3 is 23.7 Å². The van der Waals surface area contributed by atoms with Crippen molar-refractivity contribution < 1.29 is 23.7 Å². The summed E-state index contributed by atoms with van der Waals surface area (Å²) in [5.74, 6) is 4.70. The summed E-state index contributed by atoms with van der Waals surface area (Å²) in [7, 11) is 0. The Bertz CT molecular complexity index is 4520. The van der Waals surface area contributed by atoms with Crippen LogP contribution in [0, 0.1) is 0 Å². The van der Waals surface area contributed by atoms with E-state index in [4.69, 9.17) is 23.7 Å². The quantitative estimate of drug-likeness (QED) is 0.0380. The third kappa shape index (κ3) is 68.7. The van der Waals surface area contributed by atoms with Gasteiger partial charge in [0.15, 0.2) is 11.5 Å². The second-order valence-electron chi connectivity index (χ2n) is 37.7. The average molecular weight is 1970 g/mol. The highest BCUT2D eigenvalue weighted by Gasteiger charge is 2.06. The summed E-state index contributed by atoms with van der Waals surface area (Å²) < 4.78 is 27.7. The average Bonchev–Trinajstić information content (AvgIpc) is 0.855. The van der Waals surface area contributed by atoms with E-state index in [1.165, 1.54) is 266 Å². The van der Waals surface area contributed by atoms with Crippen molar-refractivity contribution in [3.8, 4) is 28.7 Å². The molecule has 0 spiro atoms. The maximum absolute atomic E-state index is 5.56. The first-order valence-corrected chi connectivity index (χ1v) is 58.0. The first kappa shape index (κ1) is 133. The van der Waals surface area contributed by atoms with Crippen molar-refractivity contribution in [2.45, 2.75) is 417 Å². The van der Waals surface area contributed by atoms with Gasteiger partial charge in [-0.2, -0.15) is 0 Å². The largest absolute Gasteiger partial charge is 0.494 e. The number of unbranched alkanes of at least 4 members (excludes halogenated alkanes) is 4. The highest BCUT2D eigenvalue weighted by atomic mass is 16.5. The van der Waals surface area contributed by atoms with E-state index in [-0.39, 0.29) is 0 Å². The van der Waals surface area contributed by atoms with Gasteiger partial charge >= 0.3 is 0 Å². The molecule has 0 saturated carbocycles. The fraction of sp³-hybridized carbons (Fsp3) is 0.486. The summed E-state index contributed by atoms with van der Waals surface area (Å²) in [4.78, 5) is 0. The number of aryl methyl sites for hydroxylation is 19. The molecule has 0 aromatic heterocycles. The van der Waals surface area contributed by atoms with Crippen LogP contribution in [-0.2, 0) is 122 Å². The van der Waals surface area contributed by atoms with E-state index < -0.39 is 0 Å². The zero-order valence-electron chi connectivity index (χ0n) is 96.9. The van der Waals surface area contributed by atoms with Gasteiger partial charge in [0.1, 0.15) is 17.2 Å². The third-order valence-corrected chi connectivity index (χ3v) is 24.1. The topological polar surface area (TPSA) is 46.2 Å². The Balaban J connectivity index is 0.000000791. The normalized spacial score (nSPS) is 10.0. The van der Waals surface area contributed by atoms with E-state index in [1.54, 1.807) is 0 Å². The molecule has 0 radical (unpaired) electrons. The van der Waals surface area contributed by atoms with Crippen LogP contribution in [0.5, 0.6) is 28.7 Å². The van der Waals surface area contributed by atoms with Crippen LogP contribution < -0.4 is 23.7 Å².